The molecule has 0 bridgehead atoms. The molecule has 0 radical (unpaired) electrons. The summed E-state index contributed by atoms with van der Waals surface area (Å²) in [7, 11) is 0. The van der Waals surface area contributed by atoms with E-state index in [1.807, 2.05) is 30.3 Å². The minimum Gasteiger partial charge on any atom is -0.378 e. The van der Waals surface area contributed by atoms with Crippen LogP contribution >= 0.6 is 0 Å². The molecule has 120 valence electrons. The molecule has 1 atom stereocenters. The number of nitrogens with zero attached hydrogens (tertiary/aromatic N) is 4. The van der Waals surface area contributed by atoms with Crippen molar-refractivity contribution >= 4 is 5.91 Å². The van der Waals surface area contributed by atoms with Crippen molar-refractivity contribution in [2.45, 2.75) is 19.3 Å². The van der Waals surface area contributed by atoms with Crippen LogP contribution < -0.4 is 0 Å². The first-order valence-electron chi connectivity index (χ1n) is 7.79. The number of hydrogen-bond donors (Lipinski definition) is 0. The average Bonchev–Trinajstić information content (AvgIpc) is 3.05. The highest BCUT2D eigenvalue weighted by molar-refractivity contribution is 5.93. The number of ether oxygens (including phenoxy) is 2. The normalized spacial score (nSPS) is 21.0. The minimum absolute atomic E-state index is 0.0586. The Balaban J connectivity index is 1.54. The third-order valence-corrected chi connectivity index (χ3v) is 4.27. The Hall–Kier alpha value is -2.25. The summed E-state index contributed by atoms with van der Waals surface area (Å²) in [5.41, 5.74) is 2.27. The molecule has 4 rings (SSSR count). The van der Waals surface area contributed by atoms with Crippen LogP contribution in [0.15, 0.2) is 30.3 Å². The fraction of sp³-hybridized carbons (Fsp3) is 0.438. The van der Waals surface area contributed by atoms with E-state index < -0.39 is 0 Å². The number of aromatic nitrogens is 3. The van der Waals surface area contributed by atoms with E-state index in [0.29, 0.717) is 45.1 Å². The highest BCUT2D eigenvalue weighted by atomic mass is 16.5. The van der Waals surface area contributed by atoms with Crippen molar-refractivity contribution in [2.75, 3.05) is 26.3 Å². The molecule has 7 nitrogen and oxygen atoms in total. The van der Waals surface area contributed by atoms with Gasteiger partial charge in [-0.05, 0) is 5.56 Å². The maximum Gasteiger partial charge on any atom is 0.276 e. The van der Waals surface area contributed by atoms with Gasteiger partial charge in [-0.1, -0.05) is 35.5 Å². The summed E-state index contributed by atoms with van der Waals surface area (Å²) >= 11 is 0. The number of rotatable bonds is 2. The lowest BCUT2D eigenvalue weighted by Crippen LogP contribution is -2.41. The van der Waals surface area contributed by atoms with E-state index >= 15 is 0 Å². The van der Waals surface area contributed by atoms with Gasteiger partial charge in [0.15, 0.2) is 5.69 Å². The van der Waals surface area contributed by atoms with E-state index in [4.69, 9.17) is 9.47 Å². The summed E-state index contributed by atoms with van der Waals surface area (Å²) in [5, 5.41) is 8.26. The van der Waals surface area contributed by atoms with Gasteiger partial charge in [0.25, 0.3) is 5.91 Å². The summed E-state index contributed by atoms with van der Waals surface area (Å²) in [4.78, 5) is 14.3. The Morgan fingerprint density at radius 3 is 2.74 bits per heavy atom. The predicted molar refractivity (Wildman–Crippen MR) is 80.7 cm³/mol. The Morgan fingerprint density at radius 2 is 1.96 bits per heavy atom. The van der Waals surface area contributed by atoms with E-state index in [0.717, 1.165) is 11.3 Å². The summed E-state index contributed by atoms with van der Waals surface area (Å²) < 4.78 is 13.0. The van der Waals surface area contributed by atoms with Crippen LogP contribution in [0.5, 0.6) is 0 Å². The lowest BCUT2D eigenvalue weighted by Gasteiger charge is -2.27. The fourth-order valence-electron chi connectivity index (χ4n) is 2.96. The van der Waals surface area contributed by atoms with Crippen LogP contribution in [0.25, 0.3) is 0 Å². The second-order valence-corrected chi connectivity index (χ2v) is 5.68. The molecule has 23 heavy (non-hydrogen) atoms. The van der Waals surface area contributed by atoms with Gasteiger partial charge in [-0.2, -0.15) is 0 Å². The Morgan fingerprint density at radius 1 is 1.17 bits per heavy atom. The molecule has 1 saturated heterocycles. The molecule has 1 amide bonds. The van der Waals surface area contributed by atoms with Gasteiger partial charge in [0.1, 0.15) is 6.10 Å². The van der Waals surface area contributed by atoms with Crippen LogP contribution in [0.2, 0.25) is 0 Å². The molecule has 2 aliphatic heterocycles. The molecule has 0 aliphatic carbocycles. The molecule has 0 saturated carbocycles. The molecule has 3 heterocycles. The molecular weight excluding hydrogens is 296 g/mol. The number of morpholine rings is 1. The first kappa shape index (κ1) is 14.3. The third-order valence-electron chi connectivity index (χ3n) is 4.27. The Kier molecular flexibility index (Phi) is 3.80. The van der Waals surface area contributed by atoms with Gasteiger partial charge in [-0.15, -0.1) is 5.10 Å². The summed E-state index contributed by atoms with van der Waals surface area (Å²) in [6.07, 6.45) is -0.0586. The average molecular weight is 314 g/mol. The maximum atomic E-state index is 12.6. The third kappa shape index (κ3) is 2.73. The van der Waals surface area contributed by atoms with Gasteiger partial charge in [0.05, 0.1) is 32.1 Å². The van der Waals surface area contributed by atoms with Gasteiger partial charge in [0, 0.05) is 13.1 Å². The van der Waals surface area contributed by atoms with Crippen LogP contribution in [-0.4, -0.2) is 52.1 Å². The van der Waals surface area contributed by atoms with Crippen molar-refractivity contribution in [3.05, 3.63) is 47.3 Å². The van der Waals surface area contributed by atoms with Gasteiger partial charge in [-0.3, -0.25) is 4.79 Å². The number of fused-ring (bicyclic) bond motifs is 1. The SMILES string of the molecule is O=C(c1nnn2c1CO[C@@H](c1ccccc1)C2)N1CCOCC1. The predicted octanol–water partition coefficient (Wildman–Crippen LogP) is 1.02. The van der Waals surface area contributed by atoms with Crippen LogP contribution in [0, 0.1) is 0 Å². The van der Waals surface area contributed by atoms with Gasteiger partial charge >= 0.3 is 0 Å². The number of hydrogen-bond acceptors (Lipinski definition) is 5. The topological polar surface area (TPSA) is 69.5 Å². The van der Waals surface area contributed by atoms with Crippen LogP contribution in [0.4, 0.5) is 0 Å². The molecule has 7 heteroatoms. The molecule has 0 unspecified atom stereocenters. The zero-order valence-electron chi connectivity index (χ0n) is 12.7. The molecule has 1 aromatic heterocycles. The van der Waals surface area contributed by atoms with Crippen LogP contribution in [0.1, 0.15) is 27.8 Å². The van der Waals surface area contributed by atoms with Crippen molar-refractivity contribution in [1.29, 1.82) is 0 Å². The number of carbonyl (C=O) groups is 1. The summed E-state index contributed by atoms with van der Waals surface area (Å²) in [5.74, 6) is -0.0867. The number of benzene rings is 1. The van der Waals surface area contributed by atoms with Crippen LogP contribution in [-0.2, 0) is 22.6 Å². The summed E-state index contributed by atoms with van der Waals surface area (Å²) in [6, 6.07) is 10.0. The Bertz CT molecular complexity index is 695. The van der Waals surface area contributed by atoms with E-state index in [2.05, 4.69) is 10.3 Å². The standard InChI is InChI=1S/C16H18N4O3/c21-16(19-6-8-22-9-7-19)15-13-11-23-14(10-20(13)18-17-15)12-4-2-1-3-5-12/h1-5,14H,6-11H2/t14-/m1/s1. The van der Waals surface area contributed by atoms with E-state index in [1.54, 1.807) is 9.58 Å². The summed E-state index contributed by atoms with van der Waals surface area (Å²) in [6.45, 7) is 3.25. The second-order valence-electron chi connectivity index (χ2n) is 5.68. The first-order valence-corrected chi connectivity index (χ1v) is 7.79. The zero-order valence-corrected chi connectivity index (χ0v) is 12.7. The molecule has 2 aliphatic rings. The van der Waals surface area contributed by atoms with Crippen molar-refractivity contribution in [3.63, 3.8) is 0 Å². The van der Waals surface area contributed by atoms with E-state index in [1.165, 1.54) is 0 Å². The zero-order chi connectivity index (χ0) is 15.6. The Labute approximate surface area is 133 Å². The molecule has 2 aromatic rings. The molecule has 1 fully saturated rings. The highest BCUT2D eigenvalue weighted by Gasteiger charge is 2.30. The van der Waals surface area contributed by atoms with Gasteiger partial charge in [-0.25, -0.2) is 4.68 Å². The van der Waals surface area contributed by atoms with Crippen molar-refractivity contribution < 1.29 is 14.3 Å². The number of amides is 1. The largest absolute Gasteiger partial charge is 0.378 e. The molecule has 0 N–H and O–H groups in total. The van der Waals surface area contributed by atoms with Gasteiger partial charge < -0.3 is 14.4 Å². The molecule has 1 aromatic carbocycles. The van der Waals surface area contributed by atoms with E-state index in [-0.39, 0.29) is 12.0 Å². The van der Waals surface area contributed by atoms with Crippen molar-refractivity contribution in [3.8, 4) is 0 Å². The lowest BCUT2D eigenvalue weighted by molar-refractivity contribution is -0.00238. The van der Waals surface area contributed by atoms with E-state index in [9.17, 15) is 4.79 Å². The quantitative estimate of drug-likeness (QED) is 0.828. The lowest BCUT2D eigenvalue weighted by atomic mass is 10.1. The minimum atomic E-state index is -0.0867. The first-order chi connectivity index (χ1) is 11.3. The van der Waals surface area contributed by atoms with Crippen molar-refractivity contribution in [1.82, 2.24) is 19.9 Å². The molecule has 0 spiro atoms. The maximum absolute atomic E-state index is 12.6. The van der Waals surface area contributed by atoms with Gasteiger partial charge in [0.2, 0.25) is 0 Å². The van der Waals surface area contributed by atoms with Crippen molar-refractivity contribution in [2.24, 2.45) is 0 Å². The monoisotopic (exact) mass is 314 g/mol. The van der Waals surface area contributed by atoms with Crippen LogP contribution in [0.3, 0.4) is 0 Å². The fourth-order valence-corrected chi connectivity index (χ4v) is 2.96. The number of carbonyl (C=O) groups excluding carboxylic acids is 1. The molecular formula is C16H18N4O3. The second kappa shape index (κ2) is 6.10. The smallest absolute Gasteiger partial charge is 0.276 e. The highest BCUT2D eigenvalue weighted by Crippen LogP contribution is 2.27.